The Kier molecular flexibility index (Phi) is 5.19. The molecule has 0 aromatic heterocycles. The normalized spacial score (nSPS) is 19.8. The largest absolute Gasteiger partial charge is 0.497 e. The zero-order valence-electron chi connectivity index (χ0n) is 16.1. The Bertz CT molecular complexity index is 847. The van der Waals surface area contributed by atoms with Crippen LogP contribution in [0.25, 0.3) is 0 Å². The number of rotatable bonds is 4. The van der Waals surface area contributed by atoms with Gasteiger partial charge in [0.15, 0.2) is 0 Å². The highest BCUT2D eigenvalue weighted by Gasteiger charge is 2.38. The molecule has 0 aliphatic carbocycles. The lowest BCUT2D eigenvalue weighted by atomic mass is 10.1. The van der Waals surface area contributed by atoms with E-state index in [-0.39, 0.29) is 24.2 Å². The minimum absolute atomic E-state index is 0.00507. The van der Waals surface area contributed by atoms with Crippen molar-refractivity contribution in [3.63, 3.8) is 0 Å². The number of benzene rings is 2. The fourth-order valence-electron chi connectivity index (χ4n) is 3.98. The van der Waals surface area contributed by atoms with Gasteiger partial charge in [-0.3, -0.25) is 9.59 Å². The van der Waals surface area contributed by atoms with Crippen molar-refractivity contribution in [3.05, 3.63) is 54.6 Å². The Morgan fingerprint density at radius 3 is 2.39 bits per heavy atom. The van der Waals surface area contributed by atoms with Gasteiger partial charge in [0, 0.05) is 56.6 Å². The number of ether oxygens (including phenoxy) is 1. The van der Waals surface area contributed by atoms with Gasteiger partial charge in [0.2, 0.25) is 11.8 Å². The average molecular weight is 379 g/mol. The van der Waals surface area contributed by atoms with Crippen LogP contribution < -0.4 is 14.5 Å². The van der Waals surface area contributed by atoms with Crippen molar-refractivity contribution in [2.45, 2.75) is 6.42 Å². The Morgan fingerprint density at radius 1 is 0.964 bits per heavy atom. The lowest BCUT2D eigenvalue weighted by Crippen LogP contribution is -2.50. The summed E-state index contributed by atoms with van der Waals surface area (Å²) in [5.41, 5.74) is 1.98. The monoisotopic (exact) mass is 379 g/mol. The average Bonchev–Trinajstić information content (AvgIpc) is 3.15. The van der Waals surface area contributed by atoms with E-state index in [1.807, 2.05) is 47.4 Å². The van der Waals surface area contributed by atoms with Gasteiger partial charge < -0.3 is 19.4 Å². The number of methoxy groups -OCH3 is 1. The molecule has 146 valence electrons. The molecule has 2 fully saturated rings. The fraction of sp³-hybridized carbons (Fsp3) is 0.364. The van der Waals surface area contributed by atoms with Gasteiger partial charge in [-0.2, -0.15) is 0 Å². The molecule has 4 rings (SSSR count). The molecule has 2 aliphatic heterocycles. The van der Waals surface area contributed by atoms with Crippen LogP contribution in [0, 0.1) is 5.92 Å². The molecule has 28 heavy (non-hydrogen) atoms. The SMILES string of the molecule is COc1cccc(N2C[C@H](C(=O)N3CCN(c4ccccc4)CC3)CC2=O)c1. The Labute approximate surface area is 165 Å². The maximum atomic E-state index is 13.0. The molecule has 0 unspecified atom stereocenters. The topological polar surface area (TPSA) is 53.1 Å². The van der Waals surface area contributed by atoms with E-state index in [1.165, 1.54) is 5.69 Å². The van der Waals surface area contributed by atoms with E-state index >= 15 is 0 Å². The lowest BCUT2D eigenvalue weighted by molar-refractivity contribution is -0.136. The van der Waals surface area contributed by atoms with Crippen LogP contribution in [0.15, 0.2) is 54.6 Å². The summed E-state index contributed by atoms with van der Waals surface area (Å²) in [5, 5.41) is 0. The van der Waals surface area contributed by atoms with Crippen molar-refractivity contribution in [2.75, 3.05) is 49.6 Å². The van der Waals surface area contributed by atoms with E-state index < -0.39 is 0 Å². The second-order valence-electron chi connectivity index (χ2n) is 7.25. The molecule has 2 amide bonds. The van der Waals surface area contributed by atoms with Crippen molar-refractivity contribution < 1.29 is 14.3 Å². The number of nitrogens with zero attached hydrogens (tertiary/aromatic N) is 3. The fourth-order valence-corrected chi connectivity index (χ4v) is 3.98. The number of carbonyl (C=O) groups excluding carboxylic acids is 2. The van der Waals surface area contributed by atoms with Crippen LogP contribution in [0.1, 0.15) is 6.42 Å². The second-order valence-corrected chi connectivity index (χ2v) is 7.25. The van der Waals surface area contributed by atoms with Gasteiger partial charge in [-0.25, -0.2) is 0 Å². The summed E-state index contributed by atoms with van der Waals surface area (Å²) in [5.74, 6) is 0.514. The van der Waals surface area contributed by atoms with Crippen LogP contribution >= 0.6 is 0 Å². The van der Waals surface area contributed by atoms with Crippen molar-refractivity contribution in [1.82, 2.24) is 4.90 Å². The van der Waals surface area contributed by atoms with Gasteiger partial charge in [-0.1, -0.05) is 24.3 Å². The molecule has 1 atom stereocenters. The molecular weight excluding hydrogens is 354 g/mol. The first-order chi connectivity index (χ1) is 13.7. The van der Waals surface area contributed by atoms with Crippen molar-refractivity contribution in [3.8, 4) is 5.75 Å². The van der Waals surface area contributed by atoms with Crippen molar-refractivity contribution >= 4 is 23.2 Å². The molecule has 6 nitrogen and oxygen atoms in total. The highest BCUT2D eigenvalue weighted by Crippen LogP contribution is 2.29. The van der Waals surface area contributed by atoms with E-state index in [0.29, 0.717) is 25.4 Å². The predicted molar refractivity (Wildman–Crippen MR) is 109 cm³/mol. The van der Waals surface area contributed by atoms with Gasteiger partial charge in [0.05, 0.1) is 13.0 Å². The number of piperazine rings is 1. The van der Waals surface area contributed by atoms with Crippen molar-refractivity contribution in [2.24, 2.45) is 5.92 Å². The third-order valence-corrected chi connectivity index (χ3v) is 5.55. The number of hydrogen-bond acceptors (Lipinski definition) is 4. The number of amides is 2. The summed E-state index contributed by atoms with van der Waals surface area (Å²) in [6.45, 7) is 3.45. The van der Waals surface area contributed by atoms with Crippen LogP contribution in [-0.4, -0.2) is 56.5 Å². The third kappa shape index (κ3) is 3.67. The Morgan fingerprint density at radius 2 is 1.68 bits per heavy atom. The van der Waals surface area contributed by atoms with Crippen LogP contribution in [-0.2, 0) is 9.59 Å². The molecule has 2 aliphatic rings. The van der Waals surface area contributed by atoms with Crippen LogP contribution in [0.4, 0.5) is 11.4 Å². The maximum Gasteiger partial charge on any atom is 0.228 e. The molecular formula is C22H25N3O3. The van der Waals surface area contributed by atoms with Crippen LogP contribution in [0.5, 0.6) is 5.75 Å². The zero-order valence-corrected chi connectivity index (χ0v) is 16.1. The lowest BCUT2D eigenvalue weighted by Gasteiger charge is -2.37. The first kappa shape index (κ1) is 18.3. The van der Waals surface area contributed by atoms with Gasteiger partial charge in [-0.15, -0.1) is 0 Å². The second kappa shape index (κ2) is 7.92. The molecule has 0 N–H and O–H groups in total. The summed E-state index contributed by atoms with van der Waals surface area (Å²) in [6, 6.07) is 17.7. The molecule has 2 saturated heterocycles. The minimum Gasteiger partial charge on any atom is -0.497 e. The molecule has 0 bridgehead atoms. The molecule has 6 heteroatoms. The van der Waals surface area contributed by atoms with Gasteiger partial charge in [-0.05, 0) is 24.3 Å². The highest BCUT2D eigenvalue weighted by molar-refractivity contribution is 6.00. The first-order valence-electron chi connectivity index (χ1n) is 9.69. The van der Waals surface area contributed by atoms with E-state index in [0.717, 1.165) is 18.8 Å². The summed E-state index contributed by atoms with van der Waals surface area (Å²) in [4.78, 5) is 31.4. The summed E-state index contributed by atoms with van der Waals surface area (Å²) < 4.78 is 5.25. The zero-order chi connectivity index (χ0) is 19.5. The maximum absolute atomic E-state index is 13.0. The predicted octanol–water partition coefficient (Wildman–Crippen LogP) is 2.40. The number of anilines is 2. The van der Waals surface area contributed by atoms with E-state index in [9.17, 15) is 9.59 Å². The standard InChI is InChI=1S/C22H25N3O3/c1-28-20-9-5-8-19(15-20)25-16-17(14-21(25)26)22(27)24-12-10-23(11-13-24)18-6-3-2-4-7-18/h2-9,15,17H,10-14,16H2,1H3/t17-/m1/s1. The minimum atomic E-state index is -0.276. The van der Waals surface area contributed by atoms with Crippen molar-refractivity contribution in [1.29, 1.82) is 0 Å². The summed E-state index contributed by atoms with van der Waals surface area (Å²) in [6.07, 6.45) is 0.273. The summed E-state index contributed by atoms with van der Waals surface area (Å²) in [7, 11) is 1.60. The molecule has 2 aromatic carbocycles. The molecule has 2 heterocycles. The molecule has 2 aromatic rings. The first-order valence-corrected chi connectivity index (χ1v) is 9.69. The Hall–Kier alpha value is -3.02. The molecule has 0 radical (unpaired) electrons. The molecule has 0 saturated carbocycles. The number of para-hydroxylation sites is 1. The highest BCUT2D eigenvalue weighted by atomic mass is 16.5. The van der Waals surface area contributed by atoms with Gasteiger partial charge >= 0.3 is 0 Å². The quantitative estimate of drug-likeness (QED) is 0.819. The molecule has 0 spiro atoms. The number of carbonyl (C=O) groups is 2. The third-order valence-electron chi connectivity index (χ3n) is 5.55. The van der Waals surface area contributed by atoms with E-state index in [2.05, 4.69) is 17.0 Å². The van der Waals surface area contributed by atoms with Crippen LogP contribution in [0.2, 0.25) is 0 Å². The number of hydrogen-bond donors (Lipinski definition) is 0. The smallest absolute Gasteiger partial charge is 0.228 e. The van der Waals surface area contributed by atoms with E-state index in [1.54, 1.807) is 12.0 Å². The van der Waals surface area contributed by atoms with E-state index in [4.69, 9.17) is 4.74 Å². The van der Waals surface area contributed by atoms with Gasteiger partial charge in [0.1, 0.15) is 5.75 Å². The van der Waals surface area contributed by atoms with Gasteiger partial charge in [0.25, 0.3) is 0 Å². The Balaban J connectivity index is 1.37. The van der Waals surface area contributed by atoms with Crippen LogP contribution in [0.3, 0.4) is 0 Å². The summed E-state index contributed by atoms with van der Waals surface area (Å²) >= 11 is 0.